The molecule has 1 atom stereocenters. The van der Waals surface area contributed by atoms with Gasteiger partial charge >= 0.3 is 0 Å². The predicted octanol–water partition coefficient (Wildman–Crippen LogP) is 1.38. The van der Waals surface area contributed by atoms with E-state index < -0.39 is 0 Å². The van der Waals surface area contributed by atoms with Gasteiger partial charge in [-0.2, -0.15) is 0 Å². The molecule has 1 aromatic heterocycles. The van der Waals surface area contributed by atoms with E-state index in [-0.39, 0.29) is 11.9 Å². The first kappa shape index (κ1) is 13.6. The number of hydrogen-bond donors (Lipinski definition) is 2. The van der Waals surface area contributed by atoms with Crippen molar-refractivity contribution in [3.63, 3.8) is 0 Å². The maximum Gasteiger partial charge on any atom is 0.221 e. The van der Waals surface area contributed by atoms with Crippen LogP contribution in [-0.2, 0) is 11.3 Å². The normalized spacial score (nSPS) is 12.5. The molecule has 4 nitrogen and oxygen atoms in total. The van der Waals surface area contributed by atoms with Gasteiger partial charge in [-0.25, -0.2) is 0 Å². The Labute approximate surface area is 103 Å². The third-order valence-corrected chi connectivity index (χ3v) is 2.89. The molecule has 0 saturated carbocycles. The first-order valence-electron chi connectivity index (χ1n) is 5.92. The predicted molar refractivity (Wildman–Crippen MR) is 68.3 cm³/mol. The van der Waals surface area contributed by atoms with Gasteiger partial charge in [0.2, 0.25) is 5.91 Å². The fraction of sp³-hybridized carbons (Fsp3) is 0.538. The van der Waals surface area contributed by atoms with Crippen molar-refractivity contribution in [3.05, 3.63) is 29.6 Å². The number of aromatic nitrogens is 1. The highest BCUT2D eigenvalue weighted by Crippen LogP contribution is 2.05. The van der Waals surface area contributed by atoms with Gasteiger partial charge in [-0.15, -0.1) is 0 Å². The molecule has 3 N–H and O–H groups in total. The Morgan fingerprint density at radius 1 is 1.53 bits per heavy atom. The Morgan fingerprint density at radius 3 is 2.82 bits per heavy atom. The van der Waals surface area contributed by atoms with Crippen molar-refractivity contribution >= 4 is 5.91 Å². The smallest absolute Gasteiger partial charge is 0.221 e. The zero-order valence-corrected chi connectivity index (χ0v) is 10.7. The summed E-state index contributed by atoms with van der Waals surface area (Å²) in [6, 6.07) is 1.84. The molecule has 4 heteroatoms. The second-order valence-corrected chi connectivity index (χ2v) is 4.69. The van der Waals surface area contributed by atoms with Crippen molar-refractivity contribution in [1.82, 2.24) is 10.3 Å². The number of nitrogens with two attached hydrogens (primary N) is 1. The Balaban J connectivity index is 2.41. The number of carbonyl (C=O) groups is 1. The number of hydrogen-bond acceptors (Lipinski definition) is 3. The number of aryl methyl sites for hydroxylation is 1. The summed E-state index contributed by atoms with van der Waals surface area (Å²) in [6.07, 6.45) is 3.90. The van der Waals surface area contributed by atoms with Gasteiger partial charge in [-0.1, -0.05) is 13.8 Å². The fourth-order valence-electron chi connectivity index (χ4n) is 1.42. The molecule has 17 heavy (non-hydrogen) atoms. The fourth-order valence-corrected chi connectivity index (χ4v) is 1.42. The molecule has 0 aliphatic carbocycles. The molecular weight excluding hydrogens is 214 g/mol. The molecule has 1 aromatic rings. The maximum atomic E-state index is 11.6. The van der Waals surface area contributed by atoms with Gasteiger partial charge in [-0.05, 0) is 30.0 Å². The molecule has 1 rings (SSSR count). The van der Waals surface area contributed by atoms with Crippen LogP contribution < -0.4 is 11.1 Å². The molecule has 0 spiro atoms. The summed E-state index contributed by atoms with van der Waals surface area (Å²) in [5.74, 6) is 0.325. The summed E-state index contributed by atoms with van der Waals surface area (Å²) in [5.41, 5.74) is 8.02. The highest BCUT2D eigenvalue weighted by atomic mass is 16.1. The number of nitrogens with one attached hydrogen (secondary N) is 1. The standard InChI is InChI=1S/C13H21N3O/c1-9(2)12(14)6-13(17)16-8-11-4-5-15-7-10(11)3/h4-5,7,9,12H,6,8,14H2,1-3H3,(H,16,17). The molecule has 0 radical (unpaired) electrons. The van der Waals surface area contributed by atoms with Crippen LogP contribution in [0.5, 0.6) is 0 Å². The Kier molecular flexibility index (Phi) is 5.10. The second kappa shape index (κ2) is 6.35. The molecule has 1 unspecified atom stereocenters. The average Bonchev–Trinajstić information content (AvgIpc) is 2.27. The van der Waals surface area contributed by atoms with Crippen LogP contribution in [0.4, 0.5) is 0 Å². The lowest BCUT2D eigenvalue weighted by Crippen LogP contribution is -2.34. The van der Waals surface area contributed by atoms with E-state index in [0.29, 0.717) is 18.9 Å². The number of amides is 1. The molecule has 1 amide bonds. The lowest BCUT2D eigenvalue weighted by molar-refractivity contribution is -0.121. The minimum atomic E-state index is -0.0754. The first-order valence-corrected chi connectivity index (χ1v) is 5.92. The third kappa shape index (κ3) is 4.53. The number of pyridine rings is 1. The first-order chi connectivity index (χ1) is 8.00. The summed E-state index contributed by atoms with van der Waals surface area (Å²) >= 11 is 0. The molecular formula is C13H21N3O. The topological polar surface area (TPSA) is 68.0 Å². The number of carbonyl (C=O) groups excluding carboxylic acids is 1. The molecule has 0 fully saturated rings. The van der Waals surface area contributed by atoms with Gasteiger partial charge in [0.25, 0.3) is 0 Å². The van der Waals surface area contributed by atoms with E-state index in [1.807, 2.05) is 26.8 Å². The third-order valence-electron chi connectivity index (χ3n) is 2.89. The molecule has 0 saturated heterocycles. The van der Waals surface area contributed by atoms with Crippen molar-refractivity contribution in [2.75, 3.05) is 0 Å². The van der Waals surface area contributed by atoms with Crippen molar-refractivity contribution in [2.24, 2.45) is 11.7 Å². The lowest BCUT2D eigenvalue weighted by Gasteiger charge is -2.15. The number of rotatable bonds is 5. The van der Waals surface area contributed by atoms with E-state index >= 15 is 0 Å². The summed E-state index contributed by atoms with van der Waals surface area (Å²) in [4.78, 5) is 15.6. The van der Waals surface area contributed by atoms with Gasteiger partial charge in [0.05, 0.1) is 0 Å². The van der Waals surface area contributed by atoms with E-state index in [0.717, 1.165) is 11.1 Å². The van der Waals surface area contributed by atoms with Crippen molar-refractivity contribution in [2.45, 2.75) is 39.8 Å². The summed E-state index contributed by atoms with van der Waals surface area (Å²) in [5, 5.41) is 2.88. The van der Waals surface area contributed by atoms with Gasteiger partial charge < -0.3 is 11.1 Å². The largest absolute Gasteiger partial charge is 0.352 e. The maximum absolute atomic E-state index is 11.6. The second-order valence-electron chi connectivity index (χ2n) is 4.69. The Morgan fingerprint density at radius 2 is 2.24 bits per heavy atom. The highest BCUT2D eigenvalue weighted by Gasteiger charge is 2.12. The molecule has 0 aromatic carbocycles. The molecule has 0 bridgehead atoms. The van der Waals surface area contributed by atoms with Crippen LogP contribution in [0.1, 0.15) is 31.4 Å². The summed E-state index contributed by atoms with van der Waals surface area (Å²) < 4.78 is 0. The van der Waals surface area contributed by atoms with Crippen LogP contribution in [-0.4, -0.2) is 16.9 Å². The van der Waals surface area contributed by atoms with Crippen molar-refractivity contribution < 1.29 is 4.79 Å². The average molecular weight is 235 g/mol. The van der Waals surface area contributed by atoms with E-state index in [9.17, 15) is 4.79 Å². The van der Waals surface area contributed by atoms with E-state index in [4.69, 9.17) is 5.73 Å². The zero-order chi connectivity index (χ0) is 12.8. The molecule has 94 valence electrons. The van der Waals surface area contributed by atoms with Crippen molar-refractivity contribution in [3.8, 4) is 0 Å². The number of nitrogens with zero attached hydrogens (tertiary/aromatic N) is 1. The van der Waals surface area contributed by atoms with Gasteiger partial charge in [0, 0.05) is 31.4 Å². The minimum Gasteiger partial charge on any atom is -0.352 e. The van der Waals surface area contributed by atoms with Gasteiger partial charge in [-0.3, -0.25) is 9.78 Å². The zero-order valence-electron chi connectivity index (χ0n) is 10.7. The van der Waals surface area contributed by atoms with E-state index in [1.54, 1.807) is 12.4 Å². The van der Waals surface area contributed by atoms with Crippen LogP contribution in [0.3, 0.4) is 0 Å². The van der Waals surface area contributed by atoms with E-state index in [1.165, 1.54) is 0 Å². The Hall–Kier alpha value is -1.42. The SMILES string of the molecule is Cc1cnccc1CNC(=O)CC(N)C(C)C. The molecule has 0 aliphatic heterocycles. The Bertz CT molecular complexity index is 377. The quantitative estimate of drug-likeness (QED) is 0.810. The van der Waals surface area contributed by atoms with Crippen LogP contribution in [0.25, 0.3) is 0 Å². The summed E-state index contributed by atoms with van der Waals surface area (Å²) in [7, 11) is 0. The van der Waals surface area contributed by atoms with E-state index in [2.05, 4.69) is 10.3 Å². The van der Waals surface area contributed by atoms with Gasteiger partial charge in [0.1, 0.15) is 0 Å². The highest BCUT2D eigenvalue weighted by molar-refractivity contribution is 5.76. The molecule has 1 heterocycles. The van der Waals surface area contributed by atoms with Crippen LogP contribution in [0.2, 0.25) is 0 Å². The molecule has 0 aliphatic rings. The van der Waals surface area contributed by atoms with Crippen LogP contribution in [0, 0.1) is 12.8 Å². The van der Waals surface area contributed by atoms with Crippen LogP contribution in [0.15, 0.2) is 18.5 Å². The minimum absolute atomic E-state index is 0.00223. The van der Waals surface area contributed by atoms with Gasteiger partial charge in [0.15, 0.2) is 0 Å². The monoisotopic (exact) mass is 235 g/mol. The summed E-state index contributed by atoms with van der Waals surface area (Å²) in [6.45, 7) is 6.56. The lowest BCUT2D eigenvalue weighted by atomic mass is 10.0. The van der Waals surface area contributed by atoms with Crippen molar-refractivity contribution in [1.29, 1.82) is 0 Å². The van der Waals surface area contributed by atoms with Crippen LogP contribution >= 0.6 is 0 Å².